The van der Waals surface area contributed by atoms with Crippen LogP contribution in [0.15, 0.2) is 24.3 Å². The number of nitrogens with zero attached hydrogens (tertiary/aromatic N) is 2. The van der Waals surface area contributed by atoms with Crippen LogP contribution in [0.4, 0.5) is 0 Å². The Balaban J connectivity index is 1.83. The summed E-state index contributed by atoms with van der Waals surface area (Å²) >= 11 is 1.46. The Morgan fingerprint density at radius 1 is 1.20 bits per heavy atom. The van der Waals surface area contributed by atoms with E-state index >= 15 is 0 Å². The quantitative estimate of drug-likeness (QED) is 0.551. The Morgan fingerprint density at radius 2 is 1.84 bits per heavy atom. The van der Waals surface area contributed by atoms with Crippen molar-refractivity contribution in [3.63, 3.8) is 0 Å². The highest BCUT2D eigenvalue weighted by atomic mass is 32.2. The Kier molecular flexibility index (Phi) is 6.90. The van der Waals surface area contributed by atoms with Gasteiger partial charge in [0, 0.05) is 12.3 Å². The average Bonchev–Trinajstić information content (AvgIpc) is 2.59. The minimum absolute atomic E-state index is 0.0500. The highest BCUT2D eigenvalue weighted by Gasteiger charge is 2.17. The van der Waals surface area contributed by atoms with Crippen LogP contribution in [0.2, 0.25) is 0 Å². The second kappa shape index (κ2) is 8.92. The van der Waals surface area contributed by atoms with Gasteiger partial charge in [0.2, 0.25) is 5.91 Å². The third-order valence-electron chi connectivity index (χ3n) is 3.81. The summed E-state index contributed by atoms with van der Waals surface area (Å²) in [5.74, 6) is 0.843. The number of carbonyl (C=O) groups excluding carboxylic acids is 2. The number of hydrogen-bond acceptors (Lipinski definition) is 6. The van der Waals surface area contributed by atoms with Crippen LogP contribution >= 0.6 is 11.8 Å². The molecule has 0 aliphatic heterocycles. The predicted molar refractivity (Wildman–Crippen MR) is 102 cm³/mol. The number of fused-ring (bicyclic) bond motifs is 1. The molecule has 0 saturated heterocycles. The molecule has 2 aromatic rings. The number of nitrogens with two attached hydrogens (primary N) is 1. The summed E-state index contributed by atoms with van der Waals surface area (Å²) in [4.78, 5) is 33.0. The van der Waals surface area contributed by atoms with Crippen molar-refractivity contribution < 1.29 is 9.59 Å². The predicted octanol–water partition coefficient (Wildman–Crippen LogP) is 1.95. The molecule has 1 atom stereocenters. The number of hydrogen-bond donors (Lipinski definition) is 2. The van der Waals surface area contributed by atoms with Gasteiger partial charge in [-0.15, -0.1) is 0 Å². The number of aryl methyl sites for hydroxylation is 1. The fourth-order valence-electron chi connectivity index (χ4n) is 2.25. The van der Waals surface area contributed by atoms with E-state index in [-0.39, 0.29) is 17.6 Å². The van der Waals surface area contributed by atoms with Gasteiger partial charge in [0.1, 0.15) is 5.69 Å². The van der Waals surface area contributed by atoms with Crippen LogP contribution in [0.3, 0.4) is 0 Å². The summed E-state index contributed by atoms with van der Waals surface area (Å²) < 4.78 is 0. The zero-order valence-electron chi connectivity index (χ0n) is 14.8. The molecule has 0 saturated carbocycles. The summed E-state index contributed by atoms with van der Waals surface area (Å²) in [5, 5.41) is 2.79. The van der Waals surface area contributed by atoms with Gasteiger partial charge >= 0.3 is 0 Å². The van der Waals surface area contributed by atoms with Crippen molar-refractivity contribution in [2.24, 2.45) is 11.7 Å². The minimum atomic E-state index is -0.498. The van der Waals surface area contributed by atoms with Gasteiger partial charge in [-0.3, -0.25) is 9.59 Å². The zero-order chi connectivity index (χ0) is 18.4. The number of aromatic nitrogens is 2. The molecule has 1 amide bonds. The smallest absolute Gasteiger partial charge is 0.237 e. The van der Waals surface area contributed by atoms with E-state index in [0.29, 0.717) is 29.4 Å². The second-order valence-electron chi connectivity index (χ2n) is 6.18. The average molecular weight is 360 g/mol. The third-order valence-corrected chi connectivity index (χ3v) is 4.77. The molecule has 1 heterocycles. The Labute approximate surface area is 152 Å². The molecular formula is C18H24N4O2S. The molecular weight excluding hydrogens is 336 g/mol. The van der Waals surface area contributed by atoms with E-state index in [0.717, 1.165) is 11.0 Å². The van der Waals surface area contributed by atoms with Crippen LogP contribution in [0.25, 0.3) is 11.0 Å². The summed E-state index contributed by atoms with van der Waals surface area (Å²) in [6, 6.07) is 7.00. The summed E-state index contributed by atoms with van der Waals surface area (Å²) in [7, 11) is 0. The molecule has 0 aliphatic rings. The first-order valence-electron chi connectivity index (χ1n) is 8.27. The first-order valence-corrected chi connectivity index (χ1v) is 9.43. The molecule has 1 aromatic carbocycles. The molecule has 7 heteroatoms. The largest absolute Gasteiger partial charge is 0.354 e. The van der Waals surface area contributed by atoms with Crippen molar-refractivity contribution >= 4 is 34.5 Å². The molecule has 2 rings (SSSR count). The molecule has 0 radical (unpaired) electrons. The fraction of sp³-hybridized carbons (Fsp3) is 0.444. The number of rotatable bonds is 8. The zero-order valence-corrected chi connectivity index (χ0v) is 15.6. The Bertz CT molecular complexity index is 764. The molecule has 0 unspecified atom stereocenters. The molecule has 6 nitrogen and oxygen atoms in total. The van der Waals surface area contributed by atoms with E-state index in [1.807, 2.05) is 38.1 Å². The van der Waals surface area contributed by atoms with Crippen LogP contribution in [0.1, 0.15) is 30.0 Å². The van der Waals surface area contributed by atoms with Crippen LogP contribution in [0, 0.1) is 12.8 Å². The van der Waals surface area contributed by atoms with Crippen LogP contribution in [0.5, 0.6) is 0 Å². The van der Waals surface area contributed by atoms with Gasteiger partial charge in [-0.1, -0.05) is 26.0 Å². The number of benzene rings is 1. The topological polar surface area (TPSA) is 98.0 Å². The molecule has 0 aliphatic carbocycles. The van der Waals surface area contributed by atoms with Gasteiger partial charge in [0.15, 0.2) is 5.78 Å². The monoisotopic (exact) mass is 360 g/mol. The highest BCUT2D eigenvalue weighted by molar-refractivity contribution is 8.00. The maximum absolute atomic E-state index is 12.4. The van der Waals surface area contributed by atoms with Gasteiger partial charge in [-0.05, 0) is 25.0 Å². The molecule has 1 aromatic heterocycles. The summed E-state index contributed by atoms with van der Waals surface area (Å²) in [6.07, 6.45) is 0. The number of para-hydroxylation sites is 2. The number of amides is 1. The lowest BCUT2D eigenvalue weighted by Gasteiger charge is -2.15. The highest BCUT2D eigenvalue weighted by Crippen LogP contribution is 2.14. The SMILES string of the molecule is Cc1nc2ccccc2nc1C(=O)CSCCNC(=O)[C@@H](N)C(C)C. The van der Waals surface area contributed by atoms with Crippen LogP contribution < -0.4 is 11.1 Å². The van der Waals surface area contributed by atoms with E-state index in [2.05, 4.69) is 15.3 Å². The van der Waals surface area contributed by atoms with Crippen molar-refractivity contribution in [1.82, 2.24) is 15.3 Å². The number of Topliss-reactive ketones (excluding diaryl/α,β-unsaturated/α-hetero) is 1. The lowest BCUT2D eigenvalue weighted by molar-refractivity contribution is -0.123. The van der Waals surface area contributed by atoms with Gasteiger partial charge in [-0.2, -0.15) is 11.8 Å². The third kappa shape index (κ3) is 5.24. The van der Waals surface area contributed by atoms with Crippen molar-refractivity contribution in [2.45, 2.75) is 26.8 Å². The first kappa shape index (κ1) is 19.3. The van der Waals surface area contributed by atoms with E-state index < -0.39 is 6.04 Å². The number of ketones is 1. The Hall–Kier alpha value is -1.99. The van der Waals surface area contributed by atoms with E-state index in [1.165, 1.54) is 11.8 Å². The van der Waals surface area contributed by atoms with Crippen LogP contribution in [-0.2, 0) is 4.79 Å². The number of thioether (sulfide) groups is 1. The van der Waals surface area contributed by atoms with Crippen molar-refractivity contribution in [1.29, 1.82) is 0 Å². The van der Waals surface area contributed by atoms with Gasteiger partial charge in [0.25, 0.3) is 0 Å². The maximum atomic E-state index is 12.4. The molecule has 0 fully saturated rings. The standard InChI is InChI=1S/C18H24N4O2S/c1-11(2)16(19)18(24)20-8-9-25-10-15(23)17-12(3)21-13-6-4-5-7-14(13)22-17/h4-7,11,16H,8-10,19H2,1-3H3,(H,20,24)/t16-/m0/s1. The molecule has 0 bridgehead atoms. The molecule has 25 heavy (non-hydrogen) atoms. The van der Waals surface area contributed by atoms with Gasteiger partial charge in [0.05, 0.1) is 28.5 Å². The number of carbonyl (C=O) groups is 2. The molecule has 134 valence electrons. The summed E-state index contributed by atoms with van der Waals surface area (Å²) in [6.45, 7) is 6.10. The molecule has 0 spiro atoms. The minimum Gasteiger partial charge on any atom is -0.354 e. The Morgan fingerprint density at radius 3 is 2.48 bits per heavy atom. The van der Waals surface area contributed by atoms with Gasteiger partial charge < -0.3 is 11.1 Å². The first-order chi connectivity index (χ1) is 11.9. The lowest BCUT2D eigenvalue weighted by atomic mass is 10.1. The van der Waals surface area contributed by atoms with Crippen molar-refractivity contribution in [2.75, 3.05) is 18.1 Å². The van der Waals surface area contributed by atoms with E-state index in [4.69, 9.17) is 5.73 Å². The second-order valence-corrected chi connectivity index (χ2v) is 7.29. The van der Waals surface area contributed by atoms with Crippen molar-refractivity contribution in [3.05, 3.63) is 35.7 Å². The normalized spacial score (nSPS) is 12.4. The van der Waals surface area contributed by atoms with Gasteiger partial charge in [-0.25, -0.2) is 9.97 Å². The summed E-state index contributed by atoms with van der Waals surface area (Å²) in [5.41, 5.74) is 8.33. The van der Waals surface area contributed by atoms with E-state index in [9.17, 15) is 9.59 Å². The van der Waals surface area contributed by atoms with Crippen molar-refractivity contribution in [3.8, 4) is 0 Å². The van der Waals surface area contributed by atoms with Crippen LogP contribution in [-0.4, -0.2) is 45.8 Å². The molecule has 3 N–H and O–H groups in total. The van der Waals surface area contributed by atoms with E-state index in [1.54, 1.807) is 6.92 Å². The lowest BCUT2D eigenvalue weighted by Crippen LogP contribution is -2.44. The number of nitrogens with one attached hydrogen (secondary N) is 1. The fourth-order valence-corrected chi connectivity index (χ4v) is 2.97. The maximum Gasteiger partial charge on any atom is 0.237 e.